The van der Waals surface area contributed by atoms with Gasteiger partial charge in [0.1, 0.15) is 11.8 Å². The molecule has 0 saturated heterocycles. The molecule has 0 heterocycles. The van der Waals surface area contributed by atoms with Crippen LogP contribution in [0.15, 0.2) is 12.1 Å². The van der Waals surface area contributed by atoms with E-state index < -0.39 is 0 Å². The van der Waals surface area contributed by atoms with E-state index in [1.165, 1.54) is 12.1 Å². The van der Waals surface area contributed by atoms with Crippen LogP contribution < -0.4 is 5.73 Å². The highest BCUT2D eigenvalue weighted by Gasteiger charge is 2.12. The number of phenolic OH excluding ortho intramolecular Hbond substituents is 1. The van der Waals surface area contributed by atoms with Crippen LogP contribution in [-0.2, 0) is 0 Å². The molecular formula is C10H10N2O2. The fourth-order valence-corrected chi connectivity index (χ4v) is 1.12. The van der Waals surface area contributed by atoms with Gasteiger partial charge in [-0.3, -0.25) is 4.79 Å². The second-order valence-corrected chi connectivity index (χ2v) is 2.85. The monoisotopic (exact) mass is 190 g/mol. The highest BCUT2D eigenvalue weighted by atomic mass is 16.3. The van der Waals surface area contributed by atoms with E-state index in [1.54, 1.807) is 6.92 Å². The number of nitrogen functional groups attached to an aromatic ring is 1. The van der Waals surface area contributed by atoms with Crippen LogP contribution >= 0.6 is 0 Å². The van der Waals surface area contributed by atoms with Crippen LogP contribution in [0.5, 0.6) is 5.75 Å². The summed E-state index contributed by atoms with van der Waals surface area (Å²) in [6.07, 6.45) is 0.280. The van der Waals surface area contributed by atoms with E-state index in [9.17, 15) is 9.90 Å². The quantitative estimate of drug-likeness (QED) is 0.545. The van der Waals surface area contributed by atoms with Gasteiger partial charge in [-0.2, -0.15) is 5.26 Å². The lowest BCUT2D eigenvalue weighted by molar-refractivity contribution is 0.0985. The number of nitrogens with two attached hydrogens (primary N) is 1. The Morgan fingerprint density at radius 3 is 2.79 bits per heavy atom. The third-order valence-corrected chi connectivity index (χ3v) is 1.91. The average Bonchev–Trinajstić information content (AvgIpc) is 2.17. The molecule has 72 valence electrons. The molecule has 4 heteroatoms. The molecule has 0 radical (unpaired) electrons. The van der Waals surface area contributed by atoms with Crippen LogP contribution in [-0.4, -0.2) is 10.9 Å². The van der Waals surface area contributed by atoms with Gasteiger partial charge in [0.25, 0.3) is 0 Å². The third kappa shape index (κ3) is 1.67. The van der Waals surface area contributed by atoms with Crippen molar-refractivity contribution in [2.45, 2.75) is 13.3 Å². The van der Waals surface area contributed by atoms with Crippen LogP contribution in [0.1, 0.15) is 29.3 Å². The fourth-order valence-electron chi connectivity index (χ4n) is 1.12. The van der Waals surface area contributed by atoms with Gasteiger partial charge in [-0.25, -0.2) is 0 Å². The Morgan fingerprint density at radius 1 is 1.64 bits per heavy atom. The molecule has 0 amide bonds. The molecule has 1 aromatic carbocycles. The van der Waals surface area contributed by atoms with Gasteiger partial charge in [0.15, 0.2) is 5.78 Å². The van der Waals surface area contributed by atoms with Gasteiger partial charge in [0.2, 0.25) is 0 Å². The largest absolute Gasteiger partial charge is 0.507 e. The first-order valence-corrected chi connectivity index (χ1v) is 4.16. The molecule has 4 nitrogen and oxygen atoms in total. The number of phenols is 1. The van der Waals surface area contributed by atoms with Crippen LogP contribution in [0.25, 0.3) is 0 Å². The molecule has 0 spiro atoms. The molecule has 0 saturated carbocycles. The first kappa shape index (κ1) is 10.1. The lowest BCUT2D eigenvalue weighted by Crippen LogP contribution is -2.00. The number of Topliss-reactive ketones (excluding diaryl/α,β-unsaturated/α-hetero) is 1. The van der Waals surface area contributed by atoms with E-state index in [2.05, 4.69) is 0 Å². The number of anilines is 1. The van der Waals surface area contributed by atoms with E-state index in [0.29, 0.717) is 0 Å². The first-order valence-electron chi connectivity index (χ1n) is 4.16. The molecule has 0 atom stereocenters. The minimum atomic E-state index is -0.209. The van der Waals surface area contributed by atoms with Crippen molar-refractivity contribution in [2.75, 3.05) is 5.73 Å². The second-order valence-electron chi connectivity index (χ2n) is 2.85. The Morgan fingerprint density at radius 2 is 2.29 bits per heavy atom. The van der Waals surface area contributed by atoms with Crippen molar-refractivity contribution in [3.05, 3.63) is 23.3 Å². The zero-order valence-electron chi connectivity index (χ0n) is 7.74. The summed E-state index contributed by atoms with van der Waals surface area (Å²) in [5.74, 6) is -0.382. The summed E-state index contributed by atoms with van der Waals surface area (Å²) in [5.41, 5.74) is 5.99. The van der Waals surface area contributed by atoms with Gasteiger partial charge in [-0.1, -0.05) is 6.92 Å². The van der Waals surface area contributed by atoms with Crippen molar-refractivity contribution in [3.63, 3.8) is 0 Å². The van der Waals surface area contributed by atoms with E-state index >= 15 is 0 Å². The summed E-state index contributed by atoms with van der Waals surface area (Å²) in [5, 5.41) is 18.1. The standard InChI is InChI=1S/C10H10N2O2/c1-2-9(13)7-3-6(5-11)8(12)4-10(7)14/h3-4,14H,2,12H2,1H3. The summed E-state index contributed by atoms with van der Waals surface area (Å²) < 4.78 is 0. The normalized spacial score (nSPS) is 9.43. The lowest BCUT2D eigenvalue weighted by atomic mass is 10.0. The van der Waals surface area contributed by atoms with Crippen molar-refractivity contribution in [1.82, 2.24) is 0 Å². The highest BCUT2D eigenvalue weighted by Crippen LogP contribution is 2.24. The number of hydrogen-bond donors (Lipinski definition) is 2. The minimum absolute atomic E-state index is 0.151. The number of carbonyl (C=O) groups is 1. The van der Waals surface area contributed by atoms with Crippen LogP contribution in [0.3, 0.4) is 0 Å². The van der Waals surface area contributed by atoms with Crippen molar-refractivity contribution in [1.29, 1.82) is 5.26 Å². The molecule has 0 aliphatic heterocycles. The summed E-state index contributed by atoms with van der Waals surface area (Å²) in [6.45, 7) is 1.68. The fraction of sp³-hybridized carbons (Fsp3) is 0.200. The Hall–Kier alpha value is -2.02. The van der Waals surface area contributed by atoms with Crippen molar-refractivity contribution < 1.29 is 9.90 Å². The number of carbonyl (C=O) groups excluding carboxylic acids is 1. The number of aromatic hydroxyl groups is 1. The Balaban J connectivity index is 3.33. The van der Waals surface area contributed by atoms with Gasteiger partial charge >= 0.3 is 0 Å². The van der Waals surface area contributed by atoms with Crippen molar-refractivity contribution >= 4 is 11.5 Å². The molecule has 0 bridgehead atoms. The van der Waals surface area contributed by atoms with Gasteiger partial charge in [-0.05, 0) is 6.07 Å². The van der Waals surface area contributed by atoms with E-state index in [1.807, 2.05) is 6.07 Å². The average molecular weight is 190 g/mol. The van der Waals surface area contributed by atoms with Crippen molar-refractivity contribution in [3.8, 4) is 11.8 Å². The number of nitriles is 1. The molecule has 0 aromatic heterocycles. The molecule has 3 N–H and O–H groups in total. The molecule has 1 rings (SSSR count). The van der Waals surface area contributed by atoms with Gasteiger partial charge < -0.3 is 10.8 Å². The molecular weight excluding hydrogens is 180 g/mol. The van der Waals surface area contributed by atoms with Gasteiger partial charge in [-0.15, -0.1) is 0 Å². The molecule has 14 heavy (non-hydrogen) atoms. The SMILES string of the molecule is CCC(=O)c1cc(C#N)c(N)cc1O. The molecule has 0 fully saturated rings. The third-order valence-electron chi connectivity index (χ3n) is 1.91. The van der Waals surface area contributed by atoms with Crippen LogP contribution in [0.4, 0.5) is 5.69 Å². The van der Waals surface area contributed by atoms with Crippen molar-refractivity contribution in [2.24, 2.45) is 0 Å². The Labute approximate surface area is 81.6 Å². The summed E-state index contributed by atoms with van der Waals surface area (Å²) in [6, 6.07) is 4.39. The number of ketones is 1. The van der Waals surface area contributed by atoms with E-state index in [4.69, 9.17) is 11.0 Å². The zero-order valence-corrected chi connectivity index (χ0v) is 7.74. The number of nitrogens with zero attached hydrogens (tertiary/aromatic N) is 1. The minimum Gasteiger partial charge on any atom is -0.507 e. The molecule has 1 aromatic rings. The highest BCUT2D eigenvalue weighted by molar-refractivity contribution is 5.99. The maximum absolute atomic E-state index is 11.3. The summed E-state index contributed by atoms with van der Waals surface area (Å²) >= 11 is 0. The molecule has 0 aliphatic carbocycles. The predicted octanol–water partition coefficient (Wildman–Crippen LogP) is 1.44. The Kier molecular flexibility index (Phi) is 2.73. The first-order chi connectivity index (χ1) is 6.60. The maximum Gasteiger partial charge on any atom is 0.166 e. The lowest BCUT2D eigenvalue weighted by Gasteiger charge is -2.04. The van der Waals surface area contributed by atoms with Gasteiger partial charge in [0.05, 0.1) is 16.8 Å². The van der Waals surface area contributed by atoms with Crippen LogP contribution in [0.2, 0.25) is 0 Å². The summed E-state index contributed by atoms with van der Waals surface area (Å²) in [4.78, 5) is 11.3. The smallest absolute Gasteiger partial charge is 0.166 e. The number of benzene rings is 1. The Bertz CT molecular complexity index is 419. The topological polar surface area (TPSA) is 87.1 Å². The van der Waals surface area contributed by atoms with Gasteiger partial charge in [0, 0.05) is 12.5 Å². The summed E-state index contributed by atoms with van der Waals surface area (Å²) in [7, 11) is 0. The molecule has 0 aliphatic rings. The van der Waals surface area contributed by atoms with E-state index in [-0.39, 0.29) is 34.8 Å². The number of rotatable bonds is 2. The zero-order chi connectivity index (χ0) is 10.7. The predicted molar refractivity (Wildman–Crippen MR) is 51.9 cm³/mol. The number of hydrogen-bond acceptors (Lipinski definition) is 4. The molecule has 0 unspecified atom stereocenters. The van der Waals surface area contributed by atoms with E-state index in [0.717, 1.165) is 0 Å². The second kappa shape index (κ2) is 3.79. The van der Waals surface area contributed by atoms with Crippen LogP contribution in [0, 0.1) is 11.3 Å². The maximum atomic E-state index is 11.3.